The summed E-state index contributed by atoms with van der Waals surface area (Å²) in [6, 6.07) is 21.1. The van der Waals surface area contributed by atoms with Crippen molar-refractivity contribution in [3.63, 3.8) is 0 Å². The predicted octanol–water partition coefficient (Wildman–Crippen LogP) is 2.86. The van der Waals surface area contributed by atoms with Crippen LogP contribution in [0.4, 0.5) is 0 Å². The first-order valence-corrected chi connectivity index (χ1v) is 9.89. The van der Waals surface area contributed by atoms with Crippen LogP contribution in [0.15, 0.2) is 72.9 Å². The highest BCUT2D eigenvalue weighted by Crippen LogP contribution is 2.35. The van der Waals surface area contributed by atoms with Gasteiger partial charge in [0.2, 0.25) is 5.91 Å². The van der Waals surface area contributed by atoms with Crippen molar-refractivity contribution in [3.05, 3.63) is 89.7 Å². The van der Waals surface area contributed by atoms with Crippen LogP contribution in [0.2, 0.25) is 0 Å². The van der Waals surface area contributed by atoms with Crippen molar-refractivity contribution in [2.24, 2.45) is 5.92 Å². The Morgan fingerprint density at radius 2 is 1.86 bits per heavy atom. The second-order valence-corrected chi connectivity index (χ2v) is 7.24. The summed E-state index contributed by atoms with van der Waals surface area (Å²) in [5.41, 5.74) is 2.92. The maximum atomic E-state index is 13.0. The molecule has 2 heterocycles. The first-order valence-electron chi connectivity index (χ1n) is 9.89. The van der Waals surface area contributed by atoms with Crippen LogP contribution in [0.1, 0.15) is 35.4 Å². The van der Waals surface area contributed by atoms with Gasteiger partial charge in [0.1, 0.15) is 6.10 Å². The van der Waals surface area contributed by atoms with Crippen molar-refractivity contribution in [1.29, 1.82) is 0 Å². The first-order chi connectivity index (χ1) is 14.3. The number of amides is 1. The highest BCUT2D eigenvalue weighted by atomic mass is 16.5. The van der Waals surface area contributed by atoms with Crippen LogP contribution in [0.3, 0.4) is 0 Å². The highest BCUT2D eigenvalue weighted by molar-refractivity contribution is 5.80. The molecule has 0 radical (unpaired) electrons. The highest BCUT2D eigenvalue weighted by Gasteiger charge is 2.37. The Hall–Kier alpha value is -2.96. The second-order valence-electron chi connectivity index (χ2n) is 7.24. The lowest BCUT2D eigenvalue weighted by Crippen LogP contribution is -2.37. The third-order valence-electron chi connectivity index (χ3n) is 5.35. The van der Waals surface area contributed by atoms with E-state index in [-0.39, 0.29) is 24.5 Å². The molecule has 1 aromatic heterocycles. The number of ether oxygens (including phenoxy) is 1. The lowest BCUT2D eigenvalue weighted by molar-refractivity contribution is -0.128. The van der Waals surface area contributed by atoms with E-state index in [0.29, 0.717) is 19.6 Å². The molecule has 0 saturated carbocycles. The predicted molar refractivity (Wildman–Crippen MR) is 109 cm³/mol. The molecule has 29 heavy (non-hydrogen) atoms. The Balaban J connectivity index is 1.49. The van der Waals surface area contributed by atoms with Crippen LogP contribution >= 0.6 is 0 Å². The molecular formula is C23H25N3O3. The Morgan fingerprint density at radius 1 is 1.14 bits per heavy atom. The number of carbonyl (C=O) groups is 1. The van der Waals surface area contributed by atoms with Crippen LogP contribution in [0, 0.1) is 5.92 Å². The van der Waals surface area contributed by atoms with Crippen LogP contribution in [-0.2, 0) is 16.1 Å². The van der Waals surface area contributed by atoms with Crippen molar-refractivity contribution in [2.45, 2.75) is 25.1 Å². The number of hydrogen-bond acceptors (Lipinski definition) is 4. The second kappa shape index (κ2) is 9.03. The van der Waals surface area contributed by atoms with Crippen molar-refractivity contribution < 1.29 is 14.6 Å². The van der Waals surface area contributed by atoms with E-state index in [1.165, 1.54) is 0 Å². The molecule has 150 valence electrons. The van der Waals surface area contributed by atoms with Crippen LogP contribution in [-0.4, -0.2) is 34.0 Å². The monoisotopic (exact) mass is 391 g/mol. The molecule has 4 rings (SSSR count). The van der Waals surface area contributed by atoms with E-state index in [9.17, 15) is 9.90 Å². The number of rotatable bonds is 7. The Labute approximate surface area is 170 Å². The summed E-state index contributed by atoms with van der Waals surface area (Å²) in [6.45, 7) is 0.995. The van der Waals surface area contributed by atoms with Gasteiger partial charge in [-0.3, -0.25) is 9.48 Å². The minimum absolute atomic E-state index is 0.108. The summed E-state index contributed by atoms with van der Waals surface area (Å²) in [7, 11) is 0. The Bertz CT molecular complexity index is 927. The normalized spacial score (nSPS) is 19.8. The van der Waals surface area contributed by atoms with Crippen LogP contribution in [0.25, 0.3) is 0 Å². The summed E-state index contributed by atoms with van der Waals surface area (Å²) in [4.78, 5) is 13.0. The molecule has 6 heteroatoms. The molecular weight excluding hydrogens is 366 g/mol. The number of hydrogen-bond donors (Lipinski definition) is 2. The molecule has 1 saturated heterocycles. The van der Waals surface area contributed by atoms with E-state index >= 15 is 0 Å². The van der Waals surface area contributed by atoms with Gasteiger partial charge in [0.25, 0.3) is 0 Å². The van der Waals surface area contributed by atoms with E-state index in [1.54, 1.807) is 6.20 Å². The number of carbonyl (C=O) groups excluding carboxylic acids is 1. The quantitative estimate of drug-likeness (QED) is 0.649. The molecule has 1 aliphatic rings. The van der Waals surface area contributed by atoms with Crippen molar-refractivity contribution >= 4 is 5.91 Å². The molecule has 0 aliphatic carbocycles. The van der Waals surface area contributed by atoms with Gasteiger partial charge in [0.15, 0.2) is 0 Å². The molecule has 0 spiro atoms. The zero-order chi connectivity index (χ0) is 20.1. The molecule has 0 unspecified atom stereocenters. The van der Waals surface area contributed by atoms with E-state index in [1.807, 2.05) is 59.3 Å². The average molecular weight is 391 g/mol. The standard InChI is InChI=1S/C23H25N3O3/c27-16-20(18-9-5-2-6-10-18)25-23(28)19-12-14-29-22(19)21-11-13-24-26(21)15-17-7-3-1-4-8-17/h1-11,13,19-20,22,27H,12,14-16H2,(H,25,28)/t19-,20+,22-/m0/s1. The smallest absolute Gasteiger partial charge is 0.226 e. The molecule has 1 fully saturated rings. The number of aliphatic hydroxyl groups excluding tert-OH is 1. The van der Waals surface area contributed by atoms with E-state index < -0.39 is 6.04 Å². The van der Waals surface area contributed by atoms with Gasteiger partial charge in [-0.05, 0) is 23.6 Å². The fourth-order valence-electron chi connectivity index (χ4n) is 3.82. The molecule has 0 bridgehead atoms. The molecule has 3 atom stereocenters. The number of aromatic nitrogens is 2. The lowest BCUT2D eigenvalue weighted by atomic mass is 9.96. The van der Waals surface area contributed by atoms with Gasteiger partial charge in [0.05, 0.1) is 30.8 Å². The Morgan fingerprint density at radius 3 is 2.59 bits per heavy atom. The van der Waals surface area contributed by atoms with Gasteiger partial charge in [0, 0.05) is 12.8 Å². The van der Waals surface area contributed by atoms with E-state index in [0.717, 1.165) is 16.8 Å². The van der Waals surface area contributed by atoms with Gasteiger partial charge < -0.3 is 15.2 Å². The summed E-state index contributed by atoms with van der Waals surface area (Å²) < 4.78 is 7.84. The van der Waals surface area contributed by atoms with E-state index in [4.69, 9.17) is 4.74 Å². The Kier molecular flexibility index (Phi) is 6.03. The molecule has 3 aromatic rings. The van der Waals surface area contributed by atoms with Gasteiger partial charge in [-0.25, -0.2) is 0 Å². The average Bonchev–Trinajstić information content (AvgIpc) is 3.42. The first kappa shape index (κ1) is 19.4. The minimum Gasteiger partial charge on any atom is -0.394 e. The summed E-state index contributed by atoms with van der Waals surface area (Å²) in [5, 5.41) is 17.2. The summed E-state index contributed by atoms with van der Waals surface area (Å²) >= 11 is 0. The van der Waals surface area contributed by atoms with Gasteiger partial charge >= 0.3 is 0 Å². The SMILES string of the molecule is O=C(N[C@H](CO)c1ccccc1)[C@H]1CCO[C@@H]1c1ccnn1Cc1ccccc1. The molecule has 6 nitrogen and oxygen atoms in total. The van der Waals surface area contributed by atoms with Crippen LogP contribution in [0.5, 0.6) is 0 Å². The van der Waals surface area contributed by atoms with Gasteiger partial charge in [-0.1, -0.05) is 60.7 Å². The number of benzene rings is 2. The molecule has 2 aromatic carbocycles. The number of aliphatic hydroxyl groups is 1. The summed E-state index contributed by atoms with van der Waals surface area (Å²) in [5.74, 6) is -0.429. The van der Waals surface area contributed by atoms with Crippen LogP contribution < -0.4 is 5.32 Å². The fraction of sp³-hybridized carbons (Fsp3) is 0.304. The third kappa shape index (κ3) is 4.39. The third-order valence-corrected chi connectivity index (χ3v) is 5.35. The van der Waals surface area contributed by atoms with E-state index in [2.05, 4.69) is 22.5 Å². The van der Waals surface area contributed by atoms with Crippen molar-refractivity contribution in [1.82, 2.24) is 15.1 Å². The zero-order valence-corrected chi connectivity index (χ0v) is 16.1. The molecule has 2 N–H and O–H groups in total. The molecule has 1 amide bonds. The number of nitrogens with one attached hydrogen (secondary N) is 1. The topological polar surface area (TPSA) is 76.4 Å². The van der Waals surface area contributed by atoms with Crippen molar-refractivity contribution in [2.75, 3.05) is 13.2 Å². The number of nitrogens with zero attached hydrogens (tertiary/aromatic N) is 2. The van der Waals surface area contributed by atoms with Crippen molar-refractivity contribution in [3.8, 4) is 0 Å². The maximum Gasteiger partial charge on any atom is 0.226 e. The summed E-state index contributed by atoms with van der Waals surface area (Å²) in [6.07, 6.45) is 2.03. The van der Waals surface area contributed by atoms with Gasteiger partial charge in [-0.2, -0.15) is 5.10 Å². The largest absolute Gasteiger partial charge is 0.394 e. The lowest BCUT2D eigenvalue weighted by Gasteiger charge is -2.23. The zero-order valence-electron chi connectivity index (χ0n) is 16.1. The van der Waals surface area contributed by atoms with Gasteiger partial charge in [-0.15, -0.1) is 0 Å². The molecule has 1 aliphatic heterocycles. The maximum absolute atomic E-state index is 13.0. The minimum atomic E-state index is -0.431. The fourth-order valence-corrected chi connectivity index (χ4v) is 3.82.